The van der Waals surface area contributed by atoms with Gasteiger partial charge in [0.1, 0.15) is 36.6 Å². The maximum absolute atomic E-state index is 17.2. The quantitative estimate of drug-likeness (QED) is 0.0958. The molecule has 2 aromatic carbocycles. The second kappa shape index (κ2) is 12.5. The Morgan fingerprint density at radius 3 is 2.37 bits per heavy atom. The number of hydrogen-bond acceptors (Lipinski definition) is 7. The number of fused-ring (bicyclic) bond motifs is 6. The van der Waals surface area contributed by atoms with E-state index in [-0.39, 0.29) is 35.2 Å². The lowest BCUT2D eigenvalue weighted by Crippen LogP contribution is -2.64. The largest absolute Gasteiger partial charge is 0.472 e. The van der Waals surface area contributed by atoms with Crippen molar-refractivity contribution in [3.05, 3.63) is 47.8 Å². The number of halogens is 1. The van der Waals surface area contributed by atoms with Gasteiger partial charge in [0.05, 0.1) is 18.1 Å². The Labute approximate surface area is 292 Å². The Hall–Kier alpha value is -3.88. The predicted octanol–water partition coefficient (Wildman–Crippen LogP) is 8.76. The van der Waals surface area contributed by atoms with Crippen LogP contribution in [-0.2, 0) is 0 Å². The molecule has 0 saturated carbocycles. The smallest absolute Gasteiger partial charge is 0.407 e. The van der Waals surface area contributed by atoms with Gasteiger partial charge in [0, 0.05) is 23.1 Å². The van der Waals surface area contributed by atoms with Crippen LogP contribution in [0.4, 0.5) is 15.0 Å². The maximum atomic E-state index is 17.2. The van der Waals surface area contributed by atoms with E-state index in [1.54, 1.807) is 4.90 Å². The summed E-state index contributed by atoms with van der Waals surface area (Å²) in [5.74, 6) is 3.91. The molecule has 256 valence electrons. The number of piperazine rings is 1. The molecule has 4 unspecified atom stereocenters. The van der Waals surface area contributed by atoms with E-state index in [0.29, 0.717) is 45.1 Å². The summed E-state index contributed by atoms with van der Waals surface area (Å²) >= 11 is 1.35. The summed E-state index contributed by atoms with van der Waals surface area (Å²) < 4.78 is 23.8. The van der Waals surface area contributed by atoms with Crippen LogP contribution in [0, 0.1) is 17.3 Å². The highest BCUT2D eigenvalue weighted by Gasteiger charge is 2.53. The summed E-state index contributed by atoms with van der Waals surface area (Å²) in [4.78, 5) is 30.6. The molecule has 1 N–H and O–H groups in total. The number of carbonyl (C=O) groups is 1. The highest BCUT2D eigenvalue weighted by Crippen LogP contribution is 2.47. The SMILES string of the molecule is CSc1nc2c3c(nc(-c4cccc5cccc(C#C[Si](C(C)C)(C(C)C)C(C)C)c45)c(F)c3n1)OC(C)C1C3CCC(CN21)N3C(=O)O. The number of benzene rings is 2. The van der Waals surface area contributed by atoms with E-state index in [9.17, 15) is 9.90 Å². The normalized spacial score (nSPS) is 21.6. The van der Waals surface area contributed by atoms with Crippen molar-refractivity contribution in [2.45, 2.75) is 107 Å². The van der Waals surface area contributed by atoms with Gasteiger partial charge >= 0.3 is 6.09 Å². The van der Waals surface area contributed by atoms with Crippen LogP contribution < -0.4 is 9.64 Å². The first-order chi connectivity index (χ1) is 23.4. The summed E-state index contributed by atoms with van der Waals surface area (Å²) in [7, 11) is -2.05. The maximum Gasteiger partial charge on any atom is 0.407 e. The molecule has 3 aliphatic heterocycles. The summed E-state index contributed by atoms with van der Waals surface area (Å²) in [6.07, 6.45) is 2.00. The molecule has 2 fully saturated rings. The molecule has 0 aliphatic carbocycles. The van der Waals surface area contributed by atoms with Crippen LogP contribution in [0.25, 0.3) is 32.9 Å². The third-order valence-electron chi connectivity index (χ3n) is 11.3. The molecule has 4 atom stereocenters. The number of anilines is 1. The number of pyridine rings is 1. The molecule has 1 amide bonds. The fourth-order valence-corrected chi connectivity index (χ4v) is 14.8. The first kappa shape index (κ1) is 33.6. The number of thioether (sulfide) groups is 1. The molecular weight excluding hydrogens is 654 g/mol. The Kier molecular flexibility index (Phi) is 8.55. The van der Waals surface area contributed by atoms with E-state index in [1.807, 2.05) is 49.6 Å². The van der Waals surface area contributed by atoms with Crippen molar-refractivity contribution < 1.29 is 19.0 Å². The topological polar surface area (TPSA) is 91.7 Å². The number of hydrogen-bond donors (Lipinski definition) is 1. The lowest BCUT2D eigenvalue weighted by atomic mass is 9.96. The van der Waals surface area contributed by atoms with Crippen LogP contribution in [0.5, 0.6) is 5.88 Å². The predicted molar refractivity (Wildman–Crippen MR) is 198 cm³/mol. The molecule has 0 radical (unpaired) electrons. The van der Waals surface area contributed by atoms with E-state index < -0.39 is 26.1 Å². The highest BCUT2D eigenvalue weighted by atomic mass is 32.2. The van der Waals surface area contributed by atoms with E-state index in [0.717, 1.165) is 29.2 Å². The first-order valence-electron chi connectivity index (χ1n) is 17.3. The number of carboxylic acid groups (broad SMARTS) is 1. The highest BCUT2D eigenvalue weighted by molar-refractivity contribution is 7.98. The molecule has 2 saturated heterocycles. The zero-order chi connectivity index (χ0) is 34.9. The van der Waals surface area contributed by atoms with Crippen LogP contribution in [0.3, 0.4) is 0 Å². The average Bonchev–Trinajstić information content (AvgIpc) is 3.32. The van der Waals surface area contributed by atoms with Crippen LogP contribution in [0.2, 0.25) is 16.6 Å². The van der Waals surface area contributed by atoms with Crippen molar-refractivity contribution >= 4 is 53.4 Å². The van der Waals surface area contributed by atoms with Crippen molar-refractivity contribution in [3.63, 3.8) is 0 Å². The zero-order valence-electron chi connectivity index (χ0n) is 29.4. The van der Waals surface area contributed by atoms with Gasteiger partial charge in [-0.3, -0.25) is 4.90 Å². The zero-order valence-corrected chi connectivity index (χ0v) is 31.2. The van der Waals surface area contributed by atoms with Gasteiger partial charge < -0.3 is 14.7 Å². The van der Waals surface area contributed by atoms with E-state index in [1.165, 1.54) is 11.8 Å². The lowest BCUT2D eigenvalue weighted by molar-refractivity contribution is 0.0707. The summed E-state index contributed by atoms with van der Waals surface area (Å²) in [5, 5.41) is 12.8. The molecular formula is C38H44FN5O3SSi. The third kappa shape index (κ3) is 5.16. The minimum absolute atomic E-state index is 0.153. The summed E-state index contributed by atoms with van der Waals surface area (Å²) in [6.45, 7) is 16.2. The Balaban J connectivity index is 1.46. The average molecular weight is 698 g/mol. The second-order valence-electron chi connectivity index (χ2n) is 14.6. The van der Waals surface area contributed by atoms with E-state index >= 15 is 4.39 Å². The fraction of sp³-hybridized carbons (Fsp3) is 0.474. The van der Waals surface area contributed by atoms with E-state index in [4.69, 9.17) is 19.7 Å². The van der Waals surface area contributed by atoms with Crippen LogP contribution in [0.15, 0.2) is 41.6 Å². The van der Waals surface area contributed by atoms with Gasteiger partial charge in [-0.05, 0) is 54.1 Å². The van der Waals surface area contributed by atoms with Crippen LogP contribution >= 0.6 is 11.8 Å². The number of nitrogens with zero attached hydrogens (tertiary/aromatic N) is 5. The minimum Gasteiger partial charge on any atom is -0.472 e. The standard InChI is InChI=1S/C38H44FN5O3SSi/c1-20(2)49(21(3)4,22(5)6)18-17-25-12-9-11-24-13-10-14-27(29(24)25)32-31(39)33-30-35(42-37(41-33)48-8)43-19-26-15-16-28(44(26)38(45)46)34(43)23(7)47-36(30)40-32/h9-14,20-23,26,28,34H,15-16,19H2,1-8H3,(H,45,46). The van der Waals surface area contributed by atoms with Crippen molar-refractivity contribution in [2.24, 2.45) is 0 Å². The van der Waals surface area contributed by atoms with Crippen molar-refractivity contribution in [1.29, 1.82) is 0 Å². The monoisotopic (exact) mass is 697 g/mol. The van der Waals surface area contributed by atoms with Crippen LogP contribution in [-0.4, -0.2) is 76.2 Å². The Morgan fingerprint density at radius 2 is 1.71 bits per heavy atom. The fourth-order valence-electron chi connectivity index (χ4n) is 9.24. The number of aromatic nitrogens is 3. The Morgan fingerprint density at radius 1 is 1.02 bits per heavy atom. The third-order valence-corrected chi connectivity index (χ3v) is 18.2. The molecule has 49 heavy (non-hydrogen) atoms. The molecule has 0 spiro atoms. The lowest BCUT2D eigenvalue weighted by Gasteiger charge is -2.47. The van der Waals surface area contributed by atoms with Gasteiger partial charge in [-0.2, -0.15) is 0 Å². The van der Waals surface area contributed by atoms with Gasteiger partial charge in [0.25, 0.3) is 0 Å². The summed E-state index contributed by atoms with van der Waals surface area (Å²) in [5.41, 5.74) is 7.07. The molecule has 2 bridgehead atoms. The molecule has 8 nitrogen and oxygen atoms in total. The molecule has 3 aliphatic rings. The van der Waals surface area contributed by atoms with Crippen molar-refractivity contribution in [2.75, 3.05) is 17.7 Å². The van der Waals surface area contributed by atoms with Crippen molar-refractivity contribution in [1.82, 2.24) is 19.9 Å². The number of amides is 1. The summed E-state index contributed by atoms with van der Waals surface area (Å²) in [6, 6.07) is 11.2. The first-order valence-corrected chi connectivity index (χ1v) is 20.8. The minimum atomic E-state index is -2.05. The molecule has 2 aromatic heterocycles. The molecule has 5 heterocycles. The molecule has 7 rings (SSSR count). The second-order valence-corrected chi connectivity index (χ2v) is 21.0. The van der Waals surface area contributed by atoms with Gasteiger partial charge in [-0.1, -0.05) is 89.6 Å². The van der Waals surface area contributed by atoms with Gasteiger partial charge in [-0.25, -0.2) is 24.1 Å². The van der Waals surface area contributed by atoms with Gasteiger partial charge in [0.2, 0.25) is 5.88 Å². The number of rotatable bonds is 5. The number of ether oxygens (including phenoxy) is 1. The Bertz CT molecular complexity index is 2020. The van der Waals surface area contributed by atoms with Gasteiger partial charge in [-0.15, -0.1) is 5.54 Å². The molecule has 4 aromatic rings. The van der Waals surface area contributed by atoms with Gasteiger partial charge in [0.15, 0.2) is 11.0 Å². The molecule has 11 heteroatoms. The van der Waals surface area contributed by atoms with Crippen molar-refractivity contribution in [3.8, 4) is 28.6 Å². The van der Waals surface area contributed by atoms with E-state index in [2.05, 4.69) is 57.9 Å². The van der Waals surface area contributed by atoms with Crippen LogP contribution in [0.1, 0.15) is 66.9 Å².